The number of benzene rings is 1. The topological polar surface area (TPSA) is 73.7 Å². The molecule has 0 unspecified atom stereocenters. The van der Waals surface area contributed by atoms with E-state index in [1.165, 1.54) is 9.80 Å². The summed E-state index contributed by atoms with van der Waals surface area (Å²) in [5.74, 6) is -1.30. The third-order valence-corrected chi connectivity index (χ3v) is 4.07. The van der Waals surface area contributed by atoms with E-state index in [0.717, 1.165) is 0 Å². The number of pyridine rings is 1. The maximum Gasteiger partial charge on any atom is 0.316 e. The normalized spacial score (nSPS) is 11.6. The van der Waals surface area contributed by atoms with Crippen LogP contribution in [-0.4, -0.2) is 46.5 Å². The molecule has 0 aliphatic rings. The number of amides is 2. The molecule has 0 aliphatic carbocycles. The second-order valence-corrected chi connectivity index (χ2v) is 5.70. The van der Waals surface area contributed by atoms with Gasteiger partial charge in [-0.25, -0.2) is 0 Å². The smallest absolute Gasteiger partial charge is 0.316 e. The number of aliphatic hydroxyl groups is 1. The number of hydrogen-bond acceptors (Lipinski definition) is 4. The minimum Gasteiger partial charge on any atom is -0.394 e. The lowest BCUT2D eigenvalue weighted by atomic mass is 10.1. The van der Waals surface area contributed by atoms with Gasteiger partial charge in [-0.05, 0) is 30.7 Å². The average Bonchev–Trinajstić information content (AvgIpc) is 2.68. The van der Waals surface area contributed by atoms with Gasteiger partial charge in [0.15, 0.2) is 0 Å². The number of hydrogen-bond donors (Lipinski definition) is 1. The second-order valence-electron chi connectivity index (χ2n) is 5.70. The summed E-state index contributed by atoms with van der Waals surface area (Å²) >= 11 is 0. The lowest BCUT2D eigenvalue weighted by Crippen LogP contribution is -2.49. The van der Waals surface area contributed by atoms with E-state index in [4.69, 9.17) is 0 Å². The molecule has 132 valence electrons. The third kappa shape index (κ3) is 4.64. The zero-order chi connectivity index (χ0) is 18.2. The van der Waals surface area contributed by atoms with E-state index in [1.54, 1.807) is 49.6 Å². The Morgan fingerprint density at radius 2 is 1.76 bits per heavy atom. The zero-order valence-corrected chi connectivity index (χ0v) is 14.5. The van der Waals surface area contributed by atoms with Gasteiger partial charge in [0.05, 0.1) is 24.9 Å². The Morgan fingerprint density at radius 1 is 1.08 bits per heavy atom. The SMILES string of the molecule is CC[C@H](CO)N(Cc1ccccn1)C(=O)C(=O)N(C)c1ccccc1. The fourth-order valence-corrected chi connectivity index (χ4v) is 2.52. The number of para-hydroxylation sites is 1. The van der Waals surface area contributed by atoms with Gasteiger partial charge in [0.1, 0.15) is 0 Å². The molecule has 0 aliphatic heterocycles. The molecule has 0 saturated carbocycles. The van der Waals surface area contributed by atoms with Gasteiger partial charge in [-0.15, -0.1) is 0 Å². The van der Waals surface area contributed by atoms with E-state index < -0.39 is 17.9 Å². The van der Waals surface area contributed by atoms with Crippen LogP contribution in [0.5, 0.6) is 0 Å². The predicted molar refractivity (Wildman–Crippen MR) is 95.8 cm³/mol. The Hall–Kier alpha value is -2.73. The predicted octanol–water partition coefficient (Wildman–Crippen LogP) is 1.84. The van der Waals surface area contributed by atoms with E-state index in [2.05, 4.69) is 4.98 Å². The van der Waals surface area contributed by atoms with Crippen LogP contribution in [0, 0.1) is 0 Å². The van der Waals surface area contributed by atoms with Crippen molar-refractivity contribution in [3.63, 3.8) is 0 Å². The first-order valence-electron chi connectivity index (χ1n) is 8.23. The summed E-state index contributed by atoms with van der Waals surface area (Å²) in [6, 6.07) is 13.9. The van der Waals surface area contributed by atoms with Gasteiger partial charge in [-0.1, -0.05) is 31.2 Å². The molecule has 0 bridgehead atoms. The summed E-state index contributed by atoms with van der Waals surface area (Å²) in [5.41, 5.74) is 1.30. The molecular formula is C19H23N3O3. The number of aromatic nitrogens is 1. The second kappa shape index (κ2) is 8.94. The number of carbonyl (C=O) groups excluding carboxylic acids is 2. The van der Waals surface area contributed by atoms with Crippen molar-refractivity contribution in [3.05, 3.63) is 60.4 Å². The van der Waals surface area contributed by atoms with Gasteiger partial charge in [0, 0.05) is 18.9 Å². The first kappa shape index (κ1) is 18.6. The van der Waals surface area contributed by atoms with Crippen LogP contribution in [0.3, 0.4) is 0 Å². The Kier molecular flexibility index (Phi) is 6.65. The lowest BCUT2D eigenvalue weighted by molar-refractivity contribution is -0.147. The standard InChI is InChI=1S/C19H23N3O3/c1-3-16(14-23)22(13-15-9-7-8-12-20-15)19(25)18(24)21(2)17-10-5-4-6-11-17/h4-12,16,23H,3,13-14H2,1-2H3/t16-/m1/s1. The number of carbonyl (C=O) groups is 2. The highest BCUT2D eigenvalue weighted by atomic mass is 16.3. The van der Waals surface area contributed by atoms with E-state index in [1.807, 2.05) is 19.1 Å². The van der Waals surface area contributed by atoms with Crippen molar-refractivity contribution >= 4 is 17.5 Å². The molecule has 25 heavy (non-hydrogen) atoms. The zero-order valence-electron chi connectivity index (χ0n) is 14.5. The van der Waals surface area contributed by atoms with E-state index >= 15 is 0 Å². The van der Waals surface area contributed by atoms with Crippen molar-refractivity contribution in [2.45, 2.75) is 25.9 Å². The van der Waals surface area contributed by atoms with Crippen molar-refractivity contribution in [2.75, 3.05) is 18.6 Å². The maximum absolute atomic E-state index is 12.8. The molecule has 1 heterocycles. The number of rotatable bonds is 6. The summed E-state index contributed by atoms with van der Waals surface area (Å²) < 4.78 is 0. The quantitative estimate of drug-likeness (QED) is 0.814. The molecule has 1 N–H and O–H groups in total. The Labute approximate surface area is 147 Å². The minimum absolute atomic E-state index is 0.174. The van der Waals surface area contributed by atoms with Crippen LogP contribution in [0.2, 0.25) is 0 Å². The van der Waals surface area contributed by atoms with Crippen molar-refractivity contribution in [1.29, 1.82) is 0 Å². The molecule has 2 amide bonds. The summed E-state index contributed by atoms with van der Waals surface area (Å²) in [5, 5.41) is 9.62. The highest BCUT2D eigenvalue weighted by molar-refractivity contribution is 6.40. The monoisotopic (exact) mass is 341 g/mol. The van der Waals surface area contributed by atoms with Crippen molar-refractivity contribution in [3.8, 4) is 0 Å². The highest BCUT2D eigenvalue weighted by Gasteiger charge is 2.30. The highest BCUT2D eigenvalue weighted by Crippen LogP contribution is 2.15. The van der Waals surface area contributed by atoms with Crippen molar-refractivity contribution in [2.24, 2.45) is 0 Å². The van der Waals surface area contributed by atoms with Crippen molar-refractivity contribution < 1.29 is 14.7 Å². The van der Waals surface area contributed by atoms with Crippen molar-refractivity contribution in [1.82, 2.24) is 9.88 Å². The molecule has 1 atom stereocenters. The minimum atomic E-state index is -0.655. The van der Waals surface area contributed by atoms with Gasteiger partial charge in [0.25, 0.3) is 0 Å². The Balaban J connectivity index is 2.23. The van der Waals surface area contributed by atoms with E-state index in [-0.39, 0.29) is 13.2 Å². The Morgan fingerprint density at radius 3 is 2.32 bits per heavy atom. The molecule has 6 nitrogen and oxygen atoms in total. The summed E-state index contributed by atoms with van der Waals surface area (Å²) in [7, 11) is 1.56. The molecule has 0 fully saturated rings. The molecule has 0 spiro atoms. The number of likely N-dealkylation sites (N-methyl/N-ethyl adjacent to an activating group) is 1. The number of anilines is 1. The largest absolute Gasteiger partial charge is 0.394 e. The van der Waals surface area contributed by atoms with Crippen LogP contribution in [0.15, 0.2) is 54.7 Å². The summed E-state index contributed by atoms with van der Waals surface area (Å²) in [6.45, 7) is 1.83. The molecule has 6 heteroatoms. The van der Waals surface area contributed by atoms with Gasteiger partial charge < -0.3 is 14.9 Å². The molecular weight excluding hydrogens is 318 g/mol. The van der Waals surface area contributed by atoms with Gasteiger partial charge in [-0.3, -0.25) is 14.6 Å². The average molecular weight is 341 g/mol. The molecule has 1 aromatic carbocycles. The maximum atomic E-state index is 12.8. The van der Waals surface area contributed by atoms with Crippen LogP contribution in [0.1, 0.15) is 19.0 Å². The van der Waals surface area contributed by atoms with E-state index in [9.17, 15) is 14.7 Å². The van der Waals surface area contributed by atoms with Gasteiger partial charge in [-0.2, -0.15) is 0 Å². The molecule has 2 rings (SSSR count). The molecule has 2 aromatic rings. The third-order valence-electron chi connectivity index (χ3n) is 4.07. The van der Waals surface area contributed by atoms with Crippen LogP contribution in [0.4, 0.5) is 5.69 Å². The first-order chi connectivity index (χ1) is 12.1. The number of nitrogens with zero attached hydrogens (tertiary/aromatic N) is 3. The number of aliphatic hydroxyl groups excluding tert-OH is 1. The summed E-state index contributed by atoms with van der Waals surface area (Å²) in [6.07, 6.45) is 2.17. The molecule has 1 aromatic heterocycles. The first-order valence-corrected chi connectivity index (χ1v) is 8.23. The van der Waals surface area contributed by atoms with Gasteiger partial charge >= 0.3 is 11.8 Å². The molecule has 0 radical (unpaired) electrons. The lowest BCUT2D eigenvalue weighted by Gasteiger charge is -2.30. The van der Waals surface area contributed by atoms with Gasteiger partial charge in [0.2, 0.25) is 0 Å². The molecule has 0 saturated heterocycles. The van der Waals surface area contributed by atoms with Crippen LogP contribution in [-0.2, 0) is 16.1 Å². The van der Waals surface area contributed by atoms with Crippen LogP contribution < -0.4 is 4.90 Å². The van der Waals surface area contributed by atoms with Crippen LogP contribution >= 0.6 is 0 Å². The summed E-state index contributed by atoms with van der Waals surface area (Å²) in [4.78, 5) is 32.4. The Bertz CT molecular complexity index is 688. The fourth-order valence-electron chi connectivity index (χ4n) is 2.52. The van der Waals surface area contributed by atoms with Crippen LogP contribution in [0.25, 0.3) is 0 Å². The fraction of sp³-hybridized carbons (Fsp3) is 0.316. The van der Waals surface area contributed by atoms with E-state index in [0.29, 0.717) is 17.8 Å².